The Labute approximate surface area is 83.6 Å². The van der Waals surface area contributed by atoms with Crippen molar-refractivity contribution in [1.82, 2.24) is 0 Å². The van der Waals surface area contributed by atoms with E-state index in [-0.39, 0.29) is 0 Å². The molecule has 0 N–H and O–H groups in total. The van der Waals surface area contributed by atoms with Gasteiger partial charge in [0, 0.05) is 0 Å². The highest BCUT2D eigenvalue weighted by Gasteiger charge is 2.01. The zero-order valence-electron chi connectivity index (χ0n) is 8.40. The van der Waals surface area contributed by atoms with Gasteiger partial charge >= 0.3 is 0 Å². The first-order valence-electron chi connectivity index (χ1n) is 4.61. The number of benzene rings is 1. The van der Waals surface area contributed by atoms with Crippen LogP contribution in [0.1, 0.15) is 13.8 Å². The second-order valence-corrected chi connectivity index (χ2v) is 2.86. The molecule has 1 aromatic carbocycles. The standard InChI is InChI=1S/C11H14O3/c1-3-13-10-4-6-11(7-5-10)14-9(2)8-12/h4-9H,3H2,1-2H3. The third kappa shape index (κ3) is 3.09. The number of carbonyl (C=O) groups excluding carboxylic acids is 1. The lowest BCUT2D eigenvalue weighted by Crippen LogP contribution is -2.12. The molecule has 0 radical (unpaired) electrons. The molecule has 0 amide bonds. The largest absolute Gasteiger partial charge is 0.494 e. The van der Waals surface area contributed by atoms with Crippen molar-refractivity contribution in [3.63, 3.8) is 0 Å². The highest BCUT2D eigenvalue weighted by Crippen LogP contribution is 2.18. The third-order valence-corrected chi connectivity index (χ3v) is 1.65. The maximum absolute atomic E-state index is 10.3. The summed E-state index contributed by atoms with van der Waals surface area (Å²) in [7, 11) is 0. The van der Waals surface area contributed by atoms with E-state index in [4.69, 9.17) is 9.47 Å². The number of rotatable bonds is 5. The van der Waals surface area contributed by atoms with Crippen LogP contribution in [0.3, 0.4) is 0 Å². The summed E-state index contributed by atoms with van der Waals surface area (Å²) in [5.74, 6) is 1.48. The van der Waals surface area contributed by atoms with E-state index < -0.39 is 6.10 Å². The Balaban J connectivity index is 2.59. The summed E-state index contributed by atoms with van der Waals surface area (Å²) >= 11 is 0. The van der Waals surface area contributed by atoms with Gasteiger partial charge in [0.15, 0.2) is 12.4 Å². The summed E-state index contributed by atoms with van der Waals surface area (Å²) < 4.78 is 10.5. The molecule has 1 aromatic rings. The predicted molar refractivity (Wildman–Crippen MR) is 53.8 cm³/mol. The molecule has 0 aliphatic rings. The fourth-order valence-electron chi connectivity index (χ4n) is 1.02. The van der Waals surface area contributed by atoms with Gasteiger partial charge in [0.05, 0.1) is 6.61 Å². The molecule has 14 heavy (non-hydrogen) atoms. The molecule has 0 bridgehead atoms. The summed E-state index contributed by atoms with van der Waals surface area (Å²) in [5, 5.41) is 0. The SMILES string of the molecule is CCOc1ccc(OC(C)C=O)cc1. The molecule has 76 valence electrons. The lowest BCUT2D eigenvalue weighted by atomic mass is 10.3. The van der Waals surface area contributed by atoms with Gasteiger partial charge in [-0.3, -0.25) is 4.79 Å². The van der Waals surface area contributed by atoms with E-state index in [1.165, 1.54) is 0 Å². The van der Waals surface area contributed by atoms with Gasteiger partial charge in [-0.25, -0.2) is 0 Å². The molecule has 1 unspecified atom stereocenters. The molecule has 0 fully saturated rings. The van der Waals surface area contributed by atoms with Crippen molar-refractivity contribution in [1.29, 1.82) is 0 Å². The van der Waals surface area contributed by atoms with E-state index in [0.717, 1.165) is 12.0 Å². The first-order valence-corrected chi connectivity index (χ1v) is 4.61. The van der Waals surface area contributed by atoms with E-state index in [1.54, 1.807) is 19.1 Å². The second-order valence-electron chi connectivity index (χ2n) is 2.86. The van der Waals surface area contributed by atoms with Crippen molar-refractivity contribution >= 4 is 6.29 Å². The van der Waals surface area contributed by atoms with Crippen molar-refractivity contribution < 1.29 is 14.3 Å². The van der Waals surface area contributed by atoms with E-state index in [2.05, 4.69) is 0 Å². The van der Waals surface area contributed by atoms with E-state index in [9.17, 15) is 4.79 Å². The molecule has 0 spiro atoms. The van der Waals surface area contributed by atoms with Gasteiger partial charge in [-0.05, 0) is 38.1 Å². The number of aldehydes is 1. The molecule has 0 saturated carbocycles. The molecule has 0 aromatic heterocycles. The molecule has 0 heterocycles. The molecule has 3 nitrogen and oxygen atoms in total. The Morgan fingerprint density at radius 1 is 1.29 bits per heavy atom. The molecule has 0 saturated heterocycles. The Kier molecular flexibility index (Phi) is 3.98. The number of hydrogen-bond donors (Lipinski definition) is 0. The fourth-order valence-corrected chi connectivity index (χ4v) is 1.02. The first-order chi connectivity index (χ1) is 6.76. The summed E-state index contributed by atoms with van der Waals surface area (Å²) in [6.45, 7) is 4.27. The van der Waals surface area contributed by atoms with Crippen LogP contribution in [-0.2, 0) is 4.79 Å². The van der Waals surface area contributed by atoms with Crippen LogP contribution in [0, 0.1) is 0 Å². The van der Waals surface area contributed by atoms with Crippen LogP contribution >= 0.6 is 0 Å². The average molecular weight is 194 g/mol. The fraction of sp³-hybridized carbons (Fsp3) is 0.364. The minimum Gasteiger partial charge on any atom is -0.494 e. The smallest absolute Gasteiger partial charge is 0.160 e. The van der Waals surface area contributed by atoms with Crippen molar-refractivity contribution in [2.75, 3.05) is 6.61 Å². The number of carbonyl (C=O) groups is 1. The zero-order valence-corrected chi connectivity index (χ0v) is 8.40. The Morgan fingerprint density at radius 2 is 1.86 bits per heavy atom. The van der Waals surface area contributed by atoms with Crippen molar-refractivity contribution in [3.05, 3.63) is 24.3 Å². The highest BCUT2D eigenvalue weighted by molar-refractivity contribution is 5.56. The lowest BCUT2D eigenvalue weighted by molar-refractivity contribution is -0.113. The average Bonchev–Trinajstić information content (AvgIpc) is 2.21. The van der Waals surface area contributed by atoms with Crippen LogP contribution in [-0.4, -0.2) is 19.0 Å². The van der Waals surface area contributed by atoms with Gasteiger partial charge in [0.1, 0.15) is 11.5 Å². The van der Waals surface area contributed by atoms with Gasteiger partial charge in [-0.2, -0.15) is 0 Å². The van der Waals surface area contributed by atoms with Gasteiger partial charge in [0.25, 0.3) is 0 Å². The van der Waals surface area contributed by atoms with Crippen LogP contribution in [0.25, 0.3) is 0 Å². The summed E-state index contributed by atoms with van der Waals surface area (Å²) in [6, 6.07) is 7.20. The summed E-state index contributed by atoms with van der Waals surface area (Å²) in [5.41, 5.74) is 0. The van der Waals surface area contributed by atoms with Crippen LogP contribution < -0.4 is 9.47 Å². The highest BCUT2D eigenvalue weighted by atomic mass is 16.5. The van der Waals surface area contributed by atoms with Crippen molar-refractivity contribution in [2.45, 2.75) is 20.0 Å². The Bertz CT molecular complexity index is 279. The molecule has 0 aliphatic carbocycles. The normalized spacial score (nSPS) is 11.9. The van der Waals surface area contributed by atoms with E-state index in [0.29, 0.717) is 12.4 Å². The van der Waals surface area contributed by atoms with Crippen LogP contribution in [0.5, 0.6) is 11.5 Å². The summed E-state index contributed by atoms with van der Waals surface area (Å²) in [6.07, 6.45) is 0.351. The lowest BCUT2D eigenvalue weighted by Gasteiger charge is -2.09. The third-order valence-electron chi connectivity index (χ3n) is 1.65. The molecular formula is C11H14O3. The van der Waals surface area contributed by atoms with Gasteiger partial charge < -0.3 is 9.47 Å². The molecule has 1 atom stereocenters. The maximum Gasteiger partial charge on any atom is 0.160 e. The Morgan fingerprint density at radius 3 is 2.36 bits per heavy atom. The zero-order chi connectivity index (χ0) is 10.4. The predicted octanol–water partition coefficient (Wildman–Crippen LogP) is 2.05. The van der Waals surface area contributed by atoms with E-state index >= 15 is 0 Å². The van der Waals surface area contributed by atoms with Crippen molar-refractivity contribution in [2.24, 2.45) is 0 Å². The topological polar surface area (TPSA) is 35.5 Å². The quantitative estimate of drug-likeness (QED) is 0.673. The first kappa shape index (κ1) is 10.6. The van der Waals surface area contributed by atoms with Gasteiger partial charge in [-0.15, -0.1) is 0 Å². The minimum absolute atomic E-state index is 0.409. The van der Waals surface area contributed by atoms with Crippen molar-refractivity contribution in [3.8, 4) is 11.5 Å². The monoisotopic (exact) mass is 194 g/mol. The molecule has 1 rings (SSSR count). The Hall–Kier alpha value is -1.51. The van der Waals surface area contributed by atoms with Crippen LogP contribution in [0.4, 0.5) is 0 Å². The second kappa shape index (κ2) is 5.27. The van der Waals surface area contributed by atoms with E-state index in [1.807, 2.05) is 19.1 Å². The van der Waals surface area contributed by atoms with Crippen LogP contribution in [0.2, 0.25) is 0 Å². The molecule has 3 heteroatoms. The molecule has 0 aliphatic heterocycles. The van der Waals surface area contributed by atoms with Crippen LogP contribution in [0.15, 0.2) is 24.3 Å². The number of ether oxygens (including phenoxy) is 2. The van der Waals surface area contributed by atoms with Gasteiger partial charge in [0.2, 0.25) is 0 Å². The van der Waals surface area contributed by atoms with Gasteiger partial charge in [-0.1, -0.05) is 0 Å². The minimum atomic E-state index is -0.409. The maximum atomic E-state index is 10.3. The molecular weight excluding hydrogens is 180 g/mol. The number of hydrogen-bond acceptors (Lipinski definition) is 3. The summed E-state index contributed by atoms with van der Waals surface area (Å²) in [4.78, 5) is 10.3.